The Morgan fingerprint density at radius 2 is 1.68 bits per heavy atom. The summed E-state index contributed by atoms with van der Waals surface area (Å²) in [6.45, 7) is 1.95. The molecule has 1 atom stereocenters. The highest BCUT2D eigenvalue weighted by molar-refractivity contribution is 6.44. The highest BCUT2D eigenvalue weighted by atomic mass is 35.5. The summed E-state index contributed by atoms with van der Waals surface area (Å²) in [5.41, 5.74) is -0.952. The second-order valence-corrected chi connectivity index (χ2v) is 5.59. The van der Waals surface area contributed by atoms with Crippen LogP contribution in [0.2, 0.25) is 10.0 Å². The van der Waals surface area contributed by atoms with E-state index in [1.54, 1.807) is 0 Å². The molecule has 1 aliphatic rings. The van der Waals surface area contributed by atoms with Crippen molar-refractivity contribution in [2.45, 2.75) is 25.6 Å². The first-order valence-electron chi connectivity index (χ1n) is 6.50. The first-order valence-corrected chi connectivity index (χ1v) is 7.26. The molecule has 0 radical (unpaired) electrons. The van der Waals surface area contributed by atoms with Gasteiger partial charge < -0.3 is 25.2 Å². The smallest absolute Gasteiger partial charge is 0.255 e. The highest BCUT2D eigenvalue weighted by Crippen LogP contribution is 2.49. The SMILES string of the molecule is CCCCOC1(O)C=C(O)c2c(O)c(Cl)c(Cl)c(O)c2C1=O. The minimum absolute atomic E-state index is 0.0614. The van der Waals surface area contributed by atoms with Crippen molar-refractivity contribution in [2.24, 2.45) is 0 Å². The molecule has 1 aromatic carbocycles. The molecule has 0 aromatic heterocycles. The second-order valence-electron chi connectivity index (χ2n) is 4.83. The molecule has 1 aliphatic carbocycles. The van der Waals surface area contributed by atoms with Gasteiger partial charge in [0, 0.05) is 6.08 Å². The zero-order valence-corrected chi connectivity index (χ0v) is 13.1. The van der Waals surface area contributed by atoms with Crippen LogP contribution < -0.4 is 0 Å². The molecule has 0 saturated carbocycles. The van der Waals surface area contributed by atoms with Gasteiger partial charge in [0.15, 0.2) is 0 Å². The second kappa shape index (κ2) is 5.96. The largest absolute Gasteiger partial charge is 0.507 e. The summed E-state index contributed by atoms with van der Waals surface area (Å²) in [4.78, 5) is 12.4. The fraction of sp³-hybridized carbons (Fsp3) is 0.357. The number of carbonyl (C=O) groups is 1. The Labute approximate surface area is 136 Å². The average Bonchev–Trinajstić information content (AvgIpc) is 2.46. The number of fused-ring (bicyclic) bond motifs is 1. The quantitative estimate of drug-likeness (QED) is 0.378. The van der Waals surface area contributed by atoms with E-state index in [0.29, 0.717) is 6.42 Å². The van der Waals surface area contributed by atoms with Crippen molar-refractivity contribution in [1.29, 1.82) is 0 Å². The highest BCUT2D eigenvalue weighted by Gasteiger charge is 2.45. The fourth-order valence-corrected chi connectivity index (χ4v) is 2.48. The van der Waals surface area contributed by atoms with E-state index in [-0.39, 0.29) is 6.61 Å². The van der Waals surface area contributed by atoms with E-state index in [1.165, 1.54) is 0 Å². The molecule has 0 spiro atoms. The van der Waals surface area contributed by atoms with Gasteiger partial charge in [-0.3, -0.25) is 4.79 Å². The number of benzene rings is 1. The Kier molecular flexibility index (Phi) is 4.58. The maximum absolute atomic E-state index is 12.4. The van der Waals surface area contributed by atoms with Crippen LogP contribution in [0.4, 0.5) is 0 Å². The van der Waals surface area contributed by atoms with Crippen molar-refractivity contribution in [3.63, 3.8) is 0 Å². The van der Waals surface area contributed by atoms with Crippen LogP contribution in [-0.2, 0) is 4.74 Å². The van der Waals surface area contributed by atoms with Crippen LogP contribution in [0.25, 0.3) is 5.76 Å². The molecule has 0 fully saturated rings. The standard InChI is InChI=1S/C14H14Cl2O6/c1-2-3-4-22-14(21)5-6(17)7-8(13(14)20)12(19)10(16)9(15)11(7)18/h5,17-19,21H,2-4H2,1H3. The molecule has 2 rings (SSSR count). The molecule has 0 amide bonds. The lowest BCUT2D eigenvalue weighted by Gasteiger charge is -2.29. The molecule has 0 aliphatic heterocycles. The van der Waals surface area contributed by atoms with Gasteiger partial charge >= 0.3 is 0 Å². The molecule has 0 saturated heterocycles. The summed E-state index contributed by atoms with van der Waals surface area (Å²) in [6.07, 6.45) is 2.09. The van der Waals surface area contributed by atoms with Crippen molar-refractivity contribution in [2.75, 3.05) is 6.61 Å². The van der Waals surface area contributed by atoms with E-state index >= 15 is 0 Å². The van der Waals surface area contributed by atoms with Gasteiger partial charge in [-0.25, -0.2) is 0 Å². The maximum atomic E-state index is 12.4. The lowest BCUT2D eigenvalue weighted by Crippen LogP contribution is -2.42. The lowest BCUT2D eigenvalue weighted by atomic mass is 9.89. The zero-order chi connectivity index (χ0) is 16.7. The molecule has 0 heterocycles. The average molecular weight is 349 g/mol. The first-order chi connectivity index (χ1) is 10.2. The summed E-state index contributed by atoms with van der Waals surface area (Å²) in [5, 5.41) is 39.3. The summed E-state index contributed by atoms with van der Waals surface area (Å²) in [7, 11) is 0. The van der Waals surface area contributed by atoms with E-state index < -0.39 is 50.0 Å². The molecular weight excluding hydrogens is 335 g/mol. The summed E-state index contributed by atoms with van der Waals surface area (Å²) < 4.78 is 5.12. The molecule has 0 bridgehead atoms. The number of aliphatic hydroxyl groups excluding tert-OH is 1. The number of carbonyl (C=O) groups excluding carboxylic acids is 1. The van der Waals surface area contributed by atoms with Crippen LogP contribution in [-0.4, -0.2) is 38.6 Å². The van der Waals surface area contributed by atoms with Gasteiger partial charge in [0.2, 0.25) is 5.78 Å². The van der Waals surface area contributed by atoms with Crippen molar-refractivity contribution in [1.82, 2.24) is 0 Å². The molecule has 1 unspecified atom stereocenters. The molecular formula is C14H14Cl2O6. The number of Topliss-reactive ketones (excluding diaryl/α,β-unsaturated/α-hetero) is 1. The van der Waals surface area contributed by atoms with Gasteiger partial charge in [-0.2, -0.15) is 0 Å². The summed E-state index contributed by atoms with van der Waals surface area (Å²) >= 11 is 11.5. The maximum Gasteiger partial charge on any atom is 0.255 e. The Balaban J connectivity index is 2.60. The van der Waals surface area contributed by atoms with Gasteiger partial charge in [0.1, 0.15) is 27.3 Å². The van der Waals surface area contributed by atoms with E-state index in [9.17, 15) is 25.2 Å². The number of aromatic hydroxyl groups is 2. The van der Waals surface area contributed by atoms with Crippen LogP contribution in [0, 0.1) is 0 Å². The van der Waals surface area contributed by atoms with Crippen molar-refractivity contribution < 1.29 is 30.0 Å². The van der Waals surface area contributed by atoms with Gasteiger partial charge in [-0.15, -0.1) is 0 Å². The third-order valence-corrected chi connectivity index (χ3v) is 4.13. The van der Waals surface area contributed by atoms with Gasteiger partial charge in [0.25, 0.3) is 5.79 Å². The number of hydrogen-bond acceptors (Lipinski definition) is 6. The zero-order valence-electron chi connectivity index (χ0n) is 11.6. The van der Waals surface area contributed by atoms with E-state index in [2.05, 4.69) is 0 Å². The topological polar surface area (TPSA) is 107 Å². The number of aliphatic hydroxyl groups is 2. The summed E-state index contributed by atoms with van der Waals surface area (Å²) in [5.74, 6) is -5.57. The third-order valence-electron chi connectivity index (χ3n) is 3.29. The van der Waals surface area contributed by atoms with Crippen LogP contribution in [0.1, 0.15) is 35.7 Å². The molecule has 22 heavy (non-hydrogen) atoms. The van der Waals surface area contributed by atoms with Crippen LogP contribution in [0.5, 0.6) is 11.5 Å². The Hall–Kier alpha value is -1.47. The monoisotopic (exact) mass is 348 g/mol. The molecule has 4 N–H and O–H groups in total. The third kappa shape index (κ3) is 2.52. The normalized spacial score (nSPS) is 20.7. The van der Waals surface area contributed by atoms with Gasteiger partial charge in [-0.05, 0) is 6.42 Å². The molecule has 6 nitrogen and oxygen atoms in total. The molecule has 1 aromatic rings. The number of phenolic OH excluding ortho intramolecular Hbond substituents is 2. The Morgan fingerprint density at radius 3 is 2.23 bits per heavy atom. The minimum atomic E-state index is -2.45. The van der Waals surface area contributed by atoms with Crippen LogP contribution in [0.15, 0.2) is 6.08 Å². The number of unbranched alkanes of at least 4 members (excludes halogenated alkanes) is 1. The fourth-order valence-electron chi connectivity index (χ4n) is 2.12. The molecule has 8 heteroatoms. The predicted molar refractivity (Wildman–Crippen MR) is 80.5 cm³/mol. The van der Waals surface area contributed by atoms with Crippen molar-refractivity contribution in [3.05, 3.63) is 27.2 Å². The first kappa shape index (κ1) is 16.9. The number of phenols is 2. The molecule has 120 valence electrons. The number of halogens is 2. The van der Waals surface area contributed by atoms with Crippen LogP contribution in [0.3, 0.4) is 0 Å². The minimum Gasteiger partial charge on any atom is -0.507 e. The number of ketones is 1. The van der Waals surface area contributed by atoms with E-state index in [4.69, 9.17) is 27.9 Å². The predicted octanol–water partition coefficient (Wildman–Crippen LogP) is 3.01. The van der Waals surface area contributed by atoms with E-state index in [0.717, 1.165) is 12.5 Å². The number of ether oxygens (including phenoxy) is 1. The lowest BCUT2D eigenvalue weighted by molar-refractivity contribution is -0.133. The van der Waals surface area contributed by atoms with E-state index in [1.807, 2.05) is 6.92 Å². The van der Waals surface area contributed by atoms with Gasteiger partial charge in [-0.1, -0.05) is 36.5 Å². The Bertz CT molecular complexity index is 670. The van der Waals surface area contributed by atoms with Crippen molar-refractivity contribution >= 4 is 34.7 Å². The summed E-state index contributed by atoms with van der Waals surface area (Å²) in [6, 6.07) is 0. The van der Waals surface area contributed by atoms with Crippen LogP contribution >= 0.6 is 23.2 Å². The van der Waals surface area contributed by atoms with Gasteiger partial charge in [0.05, 0.1) is 17.7 Å². The van der Waals surface area contributed by atoms with Crippen molar-refractivity contribution in [3.8, 4) is 11.5 Å². The number of rotatable bonds is 4. The number of hydrogen-bond donors (Lipinski definition) is 4. The Morgan fingerprint density at radius 1 is 1.14 bits per heavy atom.